The first-order chi connectivity index (χ1) is 36.1. The summed E-state index contributed by atoms with van der Waals surface area (Å²) in [5, 5.41) is 9.65. The van der Waals surface area contributed by atoms with E-state index >= 15 is 0 Å². The lowest BCUT2D eigenvalue weighted by atomic mass is 10.1. The molecule has 0 spiro atoms. The number of hydrogen-bond acceptors (Lipinski definition) is 7. The van der Waals surface area contributed by atoms with Crippen molar-refractivity contribution in [2.45, 2.75) is 187 Å². The number of carbonyl (C=O) groups excluding carboxylic acids is 2. The van der Waals surface area contributed by atoms with Crippen molar-refractivity contribution in [3.05, 3.63) is 158 Å². The molecule has 0 aromatic rings. The lowest BCUT2D eigenvalue weighted by Crippen LogP contribution is -2.40. The average Bonchev–Trinajstić information content (AvgIpc) is 3.37. The maximum Gasteiger partial charge on any atom is 0.361 e. The smallest absolute Gasteiger partial charge is 0.361 e. The number of hydrogen-bond donors (Lipinski definition) is 1. The van der Waals surface area contributed by atoms with Gasteiger partial charge in [0.15, 0.2) is 6.10 Å². The molecule has 0 radical (unpaired) electrons. The summed E-state index contributed by atoms with van der Waals surface area (Å²) in [7, 11) is 5.92. The van der Waals surface area contributed by atoms with E-state index in [1.54, 1.807) is 0 Å². The molecule has 0 amide bonds. The largest absolute Gasteiger partial charge is 0.477 e. The van der Waals surface area contributed by atoms with E-state index in [2.05, 4.69) is 172 Å². The van der Waals surface area contributed by atoms with Gasteiger partial charge >= 0.3 is 17.9 Å². The molecule has 0 saturated heterocycles. The van der Waals surface area contributed by atoms with Crippen molar-refractivity contribution in [3.63, 3.8) is 0 Å². The van der Waals surface area contributed by atoms with E-state index in [1.807, 2.05) is 21.1 Å². The van der Waals surface area contributed by atoms with Gasteiger partial charge in [-0.3, -0.25) is 9.59 Å². The number of carbonyl (C=O) groups is 3. The minimum atomic E-state index is -1.53. The Morgan fingerprint density at radius 1 is 0.419 bits per heavy atom. The van der Waals surface area contributed by atoms with E-state index in [4.69, 9.17) is 18.9 Å². The summed E-state index contributed by atoms with van der Waals surface area (Å²) in [4.78, 5) is 37.2. The van der Waals surface area contributed by atoms with E-state index in [-0.39, 0.29) is 38.6 Å². The number of carboxylic acids is 1. The van der Waals surface area contributed by atoms with Gasteiger partial charge in [-0.15, -0.1) is 0 Å². The Balaban J connectivity index is 4.27. The van der Waals surface area contributed by atoms with Crippen LogP contribution in [0.1, 0.15) is 174 Å². The van der Waals surface area contributed by atoms with E-state index in [0.29, 0.717) is 17.4 Å². The summed E-state index contributed by atoms with van der Waals surface area (Å²) in [5.41, 5.74) is 0. The lowest BCUT2D eigenvalue weighted by Gasteiger charge is -2.25. The SMILES string of the molecule is CC/C=C\C/C=C\C/C=C\C/C=C\C/C=C\C/C=C\C/C=C\C/C=C\C/C=C\C/C=C\C/C=C\C/C=C\CCCCC(=O)OC(COC(=O)CCCCCCC/C=C\CCC)COC(OCC[N+](C)(C)C)C(=O)O. The Kier molecular flexibility index (Phi) is 50.5. The van der Waals surface area contributed by atoms with Crippen molar-refractivity contribution in [1.82, 2.24) is 0 Å². The minimum Gasteiger partial charge on any atom is -0.477 e. The van der Waals surface area contributed by atoms with Gasteiger partial charge < -0.3 is 28.5 Å². The topological polar surface area (TPSA) is 108 Å². The number of nitrogens with zero attached hydrogens (tertiary/aromatic N) is 1. The number of allylic oxidation sites excluding steroid dienone is 26. The van der Waals surface area contributed by atoms with Crippen LogP contribution < -0.4 is 0 Å². The monoisotopic (exact) mass is 1020 g/mol. The molecule has 0 aromatic heterocycles. The molecule has 2 atom stereocenters. The highest BCUT2D eigenvalue weighted by atomic mass is 16.7. The zero-order valence-electron chi connectivity index (χ0n) is 46.9. The van der Waals surface area contributed by atoms with Crippen LogP contribution in [0.5, 0.6) is 0 Å². The van der Waals surface area contributed by atoms with Crippen LogP contribution in [-0.2, 0) is 33.3 Å². The first-order valence-electron chi connectivity index (χ1n) is 28.1. The van der Waals surface area contributed by atoms with Crippen molar-refractivity contribution < 1.29 is 42.9 Å². The van der Waals surface area contributed by atoms with Gasteiger partial charge in [-0.25, -0.2) is 4.79 Å². The van der Waals surface area contributed by atoms with Crippen molar-refractivity contribution >= 4 is 17.9 Å². The molecule has 1 N–H and O–H groups in total. The number of esters is 2. The summed E-state index contributed by atoms with van der Waals surface area (Å²) in [5.74, 6) is -2.11. The number of quaternary nitrogens is 1. The molecule has 0 saturated carbocycles. The third kappa shape index (κ3) is 54.7. The van der Waals surface area contributed by atoms with E-state index < -0.39 is 24.3 Å². The Morgan fingerprint density at radius 3 is 1.19 bits per heavy atom. The Labute approximate surface area is 451 Å². The zero-order valence-corrected chi connectivity index (χ0v) is 46.9. The van der Waals surface area contributed by atoms with Crippen LogP contribution in [0, 0.1) is 0 Å². The van der Waals surface area contributed by atoms with E-state index in [1.165, 1.54) is 6.42 Å². The molecule has 0 aliphatic carbocycles. The predicted octanol–water partition coefficient (Wildman–Crippen LogP) is 16.6. The molecular weight excluding hydrogens is 923 g/mol. The third-order valence-corrected chi connectivity index (χ3v) is 11.0. The van der Waals surface area contributed by atoms with Gasteiger partial charge in [0.2, 0.25) is 0 Å². The molecular formula is C65H102NO8+. The summed E-state index contributed by atoms with van der Waals surface area (Å²) in [6.07, 6.45) is 77.8. The normalized spacial score (nSPS) is 14.0. The number of ether oxygens (including phenoxy) is 4. The van der Waals surface area contributed by atoms with Crippen LogP contribution in [0.25, 0.3) is 0 Å². The van der Waals surface area contributed by atoms with Gasteiger partial charge in [0.05, 0.1) is 34.4 Å². The van der Waals surface area contributed by atoms with Crippen LogP contribution in [0.2, 0.25) is 0 Å². The molecule has 0 bridgehead atoms. The molecule has 2 unspecified atom stereocenters. The van der Waals surface area contributed by atoms with E-state index in [9.17, 15) is 19.5 Å². The standard InChI is InChI=1S/C65H101NO8/c1-6-8-10-12-14-16-18-19-20-21-22-23-24-25-26-27-28-29-30-31-32-33-34-35-36-37-38-39-40-41-42-43-44-45-46-48-50-52-54-56-63(68)74-61(60-73-65(64(69)70)71-58-57-66(3,4)5)59-72-62(67)55-53-51-49-47-17-15-13-11-9-7-2/h8,10-11,13-14,16,19-20,22-23,25-26,28-29,31-32,34-35,37-38,40-41,43-44,46,48,61,65H,6-7,9,12,15,17-18,21,24,27,30,33,36,39,42,45,47,49-60H2,1-5H3/p+1/b10-8-,13-11-,16-14-,20-19-,23-22-,26-25-,29-28-,32-31-,35-34-,38-37-,41-40-,44-43-,48-46-. The summed E-state index contributed by atoms with van der Waals surface area (Å²) < 4.78 is 22.7. The van der Waals surface area contributed by atoms with Gasteiger partial charge in [-0.05, 0) is 122 Å². The minimum absolute atomic E-state index is 0.169. The predicted molar refractivity (Wildman–Crippen MR) is 313 cm³/mol. The van der Waals surface area contributed by atoms with Gasteiger partial charge in [-0.2, -0.15) is 0 Å². The maximum atomic E-state index is 12.8. The highest BCUT2D eigenvalue weighted by Crippen LogP contribution is 2.11. The van der Waals surface area contributed by atoms with Gasteiger partial charge in [0.1, 0.15) is 13.2 Å². The molecule has 0 aliphatic heterocycles. The zero-order chi connectivity index (χ0) is 54.1. The fourth-order valence-electron chi connectivity index (χ4n) is 6.70. The fraction of sp³-hybridized carbons (Fsp3) is 0.554. The molecule has 0 rings (SSSR count). The van der Waals surface area contributed by atoms with Crippen LogP contribution in [-0.4, -0.2) is 87.4 Å². The van der Waals surface area contributed by atoms with Crippen molar-refractivity contribution in [3.8, 4) is 0 Å². The van der Waals surface area contributed by atoms with Crippen LogP contribution >= 0.6 is 0 Å². The first kappa shape index (κ1) is 68.9. The van der Waals surface area contributed by atoms with E-state index in [0.717, 1.165) is 135 Å². The Morgan fingerprint density at radius 2 is 0.770 bits per heavy atom. The highest BCUT2D eigenvalue weighted by Gasteiger charge is 2.25. The molecule has 74 heavy (non-hydrogen) atoms. The quantitative estimate of drug-likeness (QED) is 0.0211. The van der Waals surface area contributed by atoms with Crippen molar-refractivity contribution in [2.24, 2.45) is 0 Å². The molecule has 9 nitrogen and oxygen atoms in total. The molecule has 414 valence electrons. The number of likely N-dealkylation sites (N-methyl/N-ethyl adjacent to an activating group) is 1. The van der Waals surface area contributed by atoms with Gasteiger partial charge in [0.25, 0.3) is 6.29 Å². The summed E-state index contributed by atoms with van der Waals surface area (Å²) in [6.45, 7) is 4.59. The lowest BCUT2D eigenvalue weighted by molar-refractivity contribution is -0.870. The second-order valence-electron chi connectivity index (χ2n) is 19.2. The maximum absolute atomic E-state index is 12.8. The summed E-state index contributed by atoms with van der Waals surface area (Å²) in [6, 6.07) is 0. The third-order valence-electron chi connectivity index (χ3n) is 11.0. The average molecular weight is 1030 g/mol. The number of unbranched alkanes of at least 4 members (excludes halogenated alkanes) is 8. The molecule has 0 heterocycles. The Bertz CT molecular complexity index is 1760. The van der Waals surface area contributed by atoms with Crippen molar-refractivity contribution in [1.29, 1.82) is 0 Å². The van der Waals surface area contributed by atoms with Gasteiger partial charge in [0, 0.05) is 12.8 Å². The molecule has 0 fully saturated rings. The number of aliphatic carboxylic acids is 1. The van der Waals surface area contributed by atoms with Crippen LogP contribution in [0.3, 0.4) is 0 Å². The molecule has 9 heteroatoms. The fourth-order valence-corrected chi connectivity index (χ4v) is 6.70. The first-order valence-corrected chi connectivity index (χ1v) is 28.1. The van der Waals surface area contributed by atoms with Crippen molar-refractivity contribution in [2.75, 3.05) is 47.5 Å². The second-order valence-corrected chi connectivity index (χ2v) is 19.2. The molecule has 0 aromatic carbocycles. The number of rotatable bonds is 49. The van der Waals surface area contributed by atoms with Crippen LogP contribution in [0.4, 0.5) is 0 Å². The Hall–Kier alpha value is -5.09. The van der Waals surface area contributed by atoms with Crippen LogP contribution in [0.15, 0.2) is 158 Å². The summed E-state index contributed by atoms with van der Waals surface area (Å²) >= 11 is 0. The second kappa shape index (κ2) is 54.2. The number of carboxylic acid groups (broad SMARTS) is 1. The highest BCUT2D eigenvalue weighted by molar-refractivity contribution is 5.71. The van der Waals surface area contributed by atoms with Gasteiger partial charge in [-0.1, -0.05) is 198 Å². The molecule has 0 aliphatic rings.